The summed E-state index contributed by atoms with van der Waals surface area (Å²) in [5, 5.41) is 11.1. The highest BCUT2D eigenvalue weighted by molar-refractivity contribution is 6.28. The number of fused-ring (bicyclic) bond motifs is 1. The van der Waals surface area contributed by atoms with E-state index in [1.807, 2.05) is 14.1 Å². The first kappa shape index (κ1) is 13.0. The Labute approximate surface area is 111 Å². The number of aromatic amines is 1. The van der Waals surface area contributed by atoms with Crippen LogP contribution >= 0.6 is 11.6 Å². The van der Waals surface area contributed by atoms with E-state index in [1.54, 1.807) is 6.20 Å². The first-order chi connectivity index (χ1) is 8.40. The molecule has 0 bridgehead atoms. The third-order valence-electron chi connectivity index (χ3n) is 3.18. The Bertz CT molecular complexity index is 547. The minimum atomic E-state index is 0.00743. The van der Waals surface area contributed by atoms with E-state index in [9.17, 15) is 0 Å². The molecule has 2 N–H and O–H groups in total. The van der Waals surface area contributed by atoms with Gasteiger partial charge in [0.1, 0.15) is 5.82 Å². The van der Waals surface area contributed by atoms with Crippen LogP contribution in [-0.2, 0) is 0 Å². The van der Waals surface area contributed by atoms with Crippen molar-refractivity contribution in [3.63, 3.8) is 0 Å². The summed E-state index contributed by atoms with van der Waals surface area (Å²) >= 11 is 5.87. The van der Waals surface area contributed by atoms with Crippen molar-refractivity contribution < 1.29 is 0 Å². The Hall–Kier alpha value is -1.40. The number of aromatic nitrogens is 4. The minimum absolute atomic E-state index is 0.00743. The number of hydrogen-bond acceptors (Lipinski definition) is 5. The molecule has 2 aromatic rings. The highest BCUT2D eigenvalue weighted by atomic mass is 35.5. The second-order valence-corrected chi connectivity index (χ2v) is 5.37. The van der Waals surface area contributed by atoms with Gasteiger partial charge in [0.25, 0.3) is 0 Å². The van der Waals surface area contributed by atoms with Crippen molar-refractivity contribution >= 4 is 28.5 Å². The molecule has 0 amide bonds. The molecule has 98 valence electrons. The fourth-order valence-electron chi connectivity index (χ4n) is 1.40. The topological polar surface area (TPSA) is 69.7 Å². The molecule has 0 aliphatic carbocycles. The summed E-state index contributed by atoms with van der Waals surface area (Å²) in [6.45, 7) is 5.04. The van der Waals surface area contributed by atoms with Gasteiger partial charge in [-0.25, -0.2) is 0 Å². The standard InChI is InChI=1S/C11H17ClN6/c1-11(2,18(3)4)6-13-8-7-5-14-17-9(7)16-10(12)15-8/h5H,6H2,1-4H3,(H2,13,14,15,16,17). The summed E-state index contributed by atoms with van der Waals surface area (Å²) in [6, 6.07) is 0. The van der Waals surface area contributed by atoms with Crippen LogP contribution < -0.4 is 5.32 Å². The Kier molecular flexibility index (Phi) is 3.41. The Morgan fingerprint density at radius 1 is 1.39 bits per heavy atom. The van der Waals surface area contributed by atoms with Crippen molar-refractivity contribution in [1.29, 1.82) is 0 Å². The van der Waals surface area contributed by atoms with E-state index in [0.29, 0.717) is 11.5 Å². The molecular formula is C11H17ClN6. The monoisotopic (exact) mass is 268 g/mol. The molecule has 0 fully saturated rings. The molecule has 0 radical (unpaired) electrons. The van der Waals surface area contributed by atoms with Crippen molar-refractivity contribution in [3.8, 4) is 0 Å². The molecular weight excluding hydrogens is 252 g/mol. The molecule has 0 spiro atoms. The lowest BCUT2D eigenvalue weighted by Gasteiger charge is -2.32. The zero-order chi connectivity index (χ0) is 13.3. The Morgan fingerprint density at radius 2 is 2.11 bits per heavy atom. The fourth-order valence-corrected chi connectivity index (χ4v) is 1.57. The third kappa shape index (κ3) is 2.54. The maximum absolute atomic E-state index is 5.87. The smallest absolute Gasteiger partial charge is 0.226 e. The Balaban J connectivity index is 2.24. The van der Waals surface area contributed by atoms with Crippen LogP contribution in [0.5, 0.6) is 0 Å². The molecule has 0 atom stereocenters. The Morgan fingerprint density at radius 3 is 2.78 bits per heavy atom. The number of nitrogens with zero attached hydrogens (tertiary/aromatic N) is 4. The summed E-state index contributed by atoms with van der Waals surface area (Å²) in [5.74, 6) is 0.702. The normalized spacial score (nSPS) is 12.3. The molecule has 2 aromatic heterocycles. The largest absolute Gasteiger partial charge is 0.367 e. The highest BCUT2D eigenvalue weighted by Crippen LogP contribution is 2.21. The molecule has 18 heavy (non-hydrogen) atoms. The fraction of sp³-hybridized carbons (Fsp3) is 0.545. The predicted molar refractivity (Wildman–Crippen MR) is 72.9 cm³/mol. The second kappa shape index (κ2) is 4.70. The molecule has 0 aromatic carbocycles. The van der Waals surface area contributed by atoms with Crippen LogP contribution in [-0.4, -0.2) is 51.2 Å². The maximum atomic E-state index is 5.87. The number of rotatable bonds is 4. The zero-order valence-corrected chi connectivity index (χ0v) is 11.7. The first-order valence-corrected chi connectivity index (χ1v) is 6.06. The molecule has 0 saturated heterocycles. The van der Waals surface area contributed by atoms with Gasteiger partial charge in [-0.15, -0.1) is 0 Å². The summed E-state index contributed by atoms with van der Waals surface area (Å²) < 4.78 is 0. The predicted octanol–water partition coefficient (Wildman–Crippen LogP) is 1.76. The van der Waals surface area contributed by atoms with Crippen LogP contribution in [0.25, 0.3) is 11.0 Å². The van der Waals surface area contributed by atoms with Gasteiger partial charge in [0.15, 0.2) is 5.65 Å². The van der Waals surface area contributed by atoms with E-state index in [1.165, 1.54) is 0 Å². The highest BCUT2D eigenvalue weighted by Gasteiger charge is 2.21. The van der Waals surface area contributed by atoms with Gasteiger partial charge in [-0.05, 0) is 39.5 Å². The third-order valence-corrected chi connectivity index (χ3v) is 3.35. The van der Waals surface area contributed by atoms with E-state index < -0.39 is 0 Å². The van der Waals surface area contributed by atoms with Crippen molar-refractivity contribution in [2.24, 2.45) is 0 Å². The molecule has 2 heterocycles. The van der Waals surface area contributed by atoms with Gasteiger partial charge in [-0.3, -0.25) is 5.10 Å². The van der Waals surface area contributed by atoms with Crippen molar-refractivity contribution in [2.45, 2.75) is 19.4 Å². The van der Waals surface area contributed by atoms with E-state index in [2.05, 4.69) is 44.2 Å². The van der Waals surface area contributed by atoms with Gasteiger partial charge in [0.05, 0.1) is 11.6 Å². The van der Waals surface area contributed by atoms with Crippen molar-refractivity contribution in [2.75, 3.05) is 26.0 Å². The average molecular weight is 269 g/mol. The van der Waals surface area contributed by atoms with Crippen LogP contribution in [0.1, 0.15) is 13.8 Å². The molecule has 0 aliphatic heterocycles. The number of nitrogens with one attached hydrogen (secondary N) is 2. The van der Waals surface area contributed by atoms with Crippen molar-refractivity contribution in [3.05, 3.63) is 11.5 Å². The molecule has 6 nitrogen and oxygen atoms in total. The van der Waals surface area contributed by atoms with Gasteiger partial charge in [-0.1, -0.05) is 0 Å². The lowest BCUT2D eigenvalue weighted by atomic mass is 10.0. The van der Waals surface area contributed by atoms with Gasteiger partial charge >= 0.3 is 0 Å². The molecule has 0 saturated carbocycles. The van der Waals surface area contributed by atoms with E-state index >= 15 is 0 Å². The first-order valence-electron chi connectivity index (χ1n) is 5.68. The number of halogens is 1. The molecule has 7 heteroatoms. The van der Waals surface area contributed by atoms with Gasteiger partial charge in [0.2, 0.25) is 5.28 Å². The molecule has 2 rings (SSSR count). The molecule has 0 unspecified atom stereocenters. The average Bonchev–Trinajstić information content (AvgIpc) is 2.73. The molecule has 0 aliphatic rings. The maximum Gasteiger partial charge on any atom is 0.226 e. The number of hydrogen-bond donors (Lipinski definition) is 2. The van der Waals surface area contributed by atoms with Crippen LogP contribution in [0.3, 0.4) is 0 Å². The van der Waals surface area contributed by atoms with Crippen LogP contribution in [0, 0.1) is 0 Å². The zero-order valence-electron chi connectivity index (χ0n) is 11.0. The van der Waals surface area contributed by atoms with Crippen LogP contribution in [0.2, 0.25) is 5.28 Å². The van der Waals surface area contributed by atoms with Gasteiger partial charge < -0.3 is 10.2 Å². The number of anilines is 1. The van der Waals surface area contributed by atoms with Gasteiger partial charge in [-0.2, -0.15) is 15.1 Å². The summed E-state index contributed by atoms with van der Waals surface area (Å²) in [7, 11) is 4.09. The van der Waals surface area contributed by atoms with E-state index in [-0.39, 0.29) is 10.8 Å². The van der Waals surface area contributed by atoms with Crippen molar-refractivity contribution in [1.82, 2.24) is 25.1 Å². The summed E-state index contributed by atoms with van der Waals surface area (Å²) in [6.07, 6.45) is 1.69. The van der Waals surface area contributed by atoms with E-state index in [4.69, 9.17) is 11.6 Å². The van der Waals surface area contributed by atoms with Crippen LogP contribution in [0.15, 0.2) is 6.20 Å². The minimum Gasteiger partial charge on any atom is -0.367 e. The quantitative estimate of drug-likeness (QED) is 0.827. The number of H-pyrrole nitrogens is 1. The lowest BCUT2D eigenvalue weighted by Crippen LogP contribution is -2.44. The number of likely N-dealkylation sites (N-methyl/N-ethyl adjacent to an activating group) is 1. The lowest BCUT2D eigenvalue weighted by molar-refractivity contribution is 0.210. The van der Waals surface area contributed by atoms with E-state index in [0.717, 1.165) is 11.9 Å². The SMILES string of the molecule is CN(C)C(C)(C)CNc1nc(Cl)nc2[nH]ncc12. The summed E-state index contributed by atoms with van der Waals surface area (Å²) in [5.41, 5.74) is 0.646. The second-order valence-electron chi connectivity index (χ2n) is 5.03. The van der Waals surface area contributed by atoms with Gasteiger partial charge in [0, 0.05) is 12.1 Å². The van der Waals surface area contributed by atoms with Crippen LogP contribution in [0.4, 0.5) is 5.82 Å². The summed E-state index contributed by atoms with van der Waals surface area (Å²) in [4.78, 5) is 10.4.